The molecule has 5 heteroatoms. The third kappa shape index (κ3) is 8.27. The van der Waals surface area contributed by atoms with Crippen molar-refractivity contribution in [3.05, 3.63) is 12.2 Å². The van der Waals surface area contributed by atoms with Crippen molar-refractivity contribution in [1.82, 2.24) is 0 Å². The predicted molar refractivity (Wildman–Crippen MR) is 90.3 cm³/mol. The third-order valence-corrected chi connectivity index (χ3v) is 4.22. The summed E-state index contributed by atoms with van der Waals surface area (Å²) in [5.74, 6) is 0. The smallest absolute Gasteiger partial charge is 0.114 e. The van der Waals surface area contributed by atoms with Gasteiger partial charge in [-0.3, -0.25) is 0 Å². The van der Waals surface area contributed by atoms with Crippen LogP contribution in [0.4, 0.5) is 0 Å². The zero-order valence-corrected chi connectivity index (χ0v) is 14.4. The topological polar surface area (TPSA) is 79.2 Å². The predicted octanol–water partition coefficient (Wildman–Crippen LogP) is 2.18. The largest absolute Gasteiger partial charge is 0.394 e. The average molecular weight is 330 g/mol. The molecule has 136 valence electrons. The molecule has 1 rings (SSSR count). The van der Waals surface area contributed by atoms with E-state index in [1.54, 1.807) is 0 Å². The first kappa shape index (κ1) is 20.6. The first-order chi connectivity index (χ1) is 11.2. The molecule has 0 bridgehead atoms. The van der Waals surface area contributed by atoms with Crippen LogP contribution in [0.15, 0.2) is 12.2 Å². The van der Waals surface area contributed by atoms with E-state index in [2.05, 4.69) is 19.1 Å². The molecule has 1 aliphatic heterocycles. The molecule has 5 nitrogen and oxygen atoms in total. The van der Waals surface area contributed by atoms with Crippen LogP contribution in [0.1, 0.15) is 58.3 Å². The Morgan fingerprint density at radius 3 is 2.35 bits per heavy atom. The highest BCUT2D eigenvalue weighted by Crippen LogP contribution is 2.19. The minimum atomic E-state index is -0.981. The van der Waals surface area contributed by atoms with Crippen LogP contribution in [0.5, 0.6) is 0 Å². The second-order valence-corrected chi connectivity index (χ2v) is 6.26. The molecule has 1 aliphatic rings. The van der Waals surface area contributed by atoms with E-state index in [0.717, 1.165) is 25.7 Å². The Morgan fingerprint density at radius 2 is 1.78 bits per heavy atom. The zero-order valence-electron chi connectivity index (χ0n) is 14.4. The van der Waals surface area contributed by atoms with Crippen molar-refractivity contribution in [3.8, 4) is 0 Å². The van der Waals surface area contributed by atoms with Gasteiger partial charge in [-0.25, -0.2) is 0 Å². The van der Waals surface area contributed by atoms with Crippen LogP contribution in [0.2, 0.25) is 0 Å². The number of unbranched alkanes of at least 4 members (excludes halogenated alkanes) is 6. The standard InChI is InChI=1S/C18H34O5/c1-2-3-4-5-6-7-8-9-10-11-12-22-16(13-19)18-17(21)15(20)14-23-18/h6-7,15-21H,2-5,8-14H2,1H3/b7-6+/t15-,16+,17-,18-/m1/s1. The van der Waals surface area contributed by atoms with Crippen molar-refractivity contribution in [2.24, 2.45) is 0 Å². The van der Waals surface area contributed by atoms with Gasteiger partial charge in [-0.05, 0) is 32.1 Å². The second kappa shape index (κ2) is 12.9. The lowest BCUT2D eigenvalue weighted by atomic mass is 10.1. The number of aliphatic hydroxyl groups is 3. The molecule has 0 unspecified atom stereocenters. The fraction of sp³-hybridized carbons (Fsp3) is 0.889. The molecule has 1 heterocycles. The van der Waals surface area contributed by atoms with Gasteiger partial charge in [0.25, 0.3) is 0 Å². The molecule has 3 N–H and O–H groups in total. The van der Waals surface area contributed by atoms with Gasteiger partial charge in [-0.1, -0.05) is 38.3 Å². The lowest BCUT2D eigenvalue weighted by molar-refractivity contribution is -0.101. The van der Waals surface area contributed by atoms with E-state index in [1.165, 1.54) is 25.7 Å². The first-order valence-corrected chi connectivity index (χ1v) is 9.05. The number of aliphatic hydroxyl groups excluding tert-OH is 3. The van der Waals surface area contributed by atoms with Crippen LogP contribution < -0.4 is 0 Å². The Bertz CT molecular complexity index is 308. The van der Waals surface area contributed by atoms with Gasteiger partial charge in [-0.15, -0.1) is 0 Å². The number of ether oxygens (including phenoxy) is 2. The molecular formula is C18H34O5. The molecule has 0 amide bonds. The second-order valence-electron chi connectivity index (χ2n) is 6.26. The summed E-state index contributed by atoms with van der Waals surface area (Å²) in [7, 11) is 0. The lowest BCUT2D eigenvalue weighted by Crippen LogP contribution is -2.42. The molecule has 0 aromatic carbocycles. The molecule has 0 saturated carbocycles. The number of rotatable bonds is 13. The fourth-order valence-corrected chi connectivity index (χ4v) is 2.73. The van der Waals surface area contributed by atoms with Crippen molar-refractivity contribution >= 4 is 0 Å². The van der Waals surface area contributed by atoms with E-state index in [9.17, 15) is 15.3 Å². The summed E-state index contributed by atoms with van der Waals surface area (Å²) in [5.41, 5.74) is 0. The van der Waals surface area contributed by atoms with Gasteiger partial charge in [0.1, 0.15) is 24.4 Å². The van der Waals surface area contributed by atoms with E-state index in [0.29, 0.717) is 6.61 Å². The van der Waals surface area contributed by atoms with Gasteiger partial charge in [-0.2, -0.15) is 0 Å². The maximum absolute atomic E-state index is 9.76. The van der Waals surface area contributed by atoms with E-state index in [1.807, 2.05) is 0 Å². The summed E-state index contributed by atoms with van der Waals surface area (Å²) in [5, 5.41) is 28.6. The van der Waals surface area contributed by atoms with Gasteiger partial charge in [0.05, 0.1) is 13.2 Å². The van der Waals surface area contributed by atoms with E-state index < -0.39 is 24.4 Å². The first-order valence-electron chi connectivity index (χ1n) is 9.05. The Labute approximate surface area is 140 Å². The van der Waals surface area contributed by atoms with Crippen LogP contribution >= 0.6 is 0 Å². The number of hydrogen-bond acceptors (Lipinski definition) is 5. The molecule has 1 fully saturated rings. The van der Waals surface area contributed by atoms with Gasteiger partial charge in [0, 0.05) is 6.61 Å². The maximum atomic E-state index is 9.76. The molecule has 0 radical (unpaired) electrons. The quantitative estimate of drug-likeness (QED) is 0.356. The Morgan fingerprint density at radius 1 is 1.09 bits per heavy atom. The zero-order chi connectivity index (χ0) is 16.9. The summed E-state index contributed by atoms with van der Waals surface area (Å²) in [6.45, 7) is 2.63. The summed E-state index contributed by atoms with van der Waals surface area (Å²) >= 11 is 0. The van der Waals surface area contributed by atoms with Crippen molar-refractivity contribution in [1.29, 1.82) is 0 Å². The summed E-state index contributed by atoms with van der Waals surface area (Å²) in [6.07, 6.45) is 10.8. The van der Waals surface area contributed by atoms with Crippen LogP contribution in [0.3, 0.4) is 0 Å². The molecule has 0 spiro atoms. The third-order valence-electron chi connectivity index (χ3n) is 4.22. The molecule has 1 saturated heterocycles. The van der Waals surface area contributed by atoms with Gasteiger partial charge in [0.2, 0.25) is 0 Å². The van der Waals surface area contributed by atoms with Crippen molar-refractivity contribution < 1.29 is 24.8 Å². The highest BCUT2D eigenvalue weighted by Gasteiger charge is 2.40. The molecule has 0 aliphatic carbocycles. The Balaban J connectivity index is 2.01. The highest BCUT2D eigenvalue weighted by molar-refractivity contribution is 4.88. The highest BCUT2D eigenvalue weighted by atomic mass is 16.6. The monoisotopic (exact) mass is 330 g/mol. The van der Waals surface area contributed by atoms with Crippen molar-refractivity contribution in [2.45, 2.75) is 82.7 Å². The van der Waals surface area contributed by atoms with Gasteiger partial charge < -0.3 is 24.8 Å². The summed E-state index contributed by atoms with van der Waals surface area (Å²) in [4.78, 5) is 0. The molecule has 23 heavy (non-hydrogen) atoms. The molecular weight excluding hydrogens is 296 g/mol. The van der Waals surface area contributed by atoms with Crippen molar-refractivity contribution in [2.75, 3.05) is 19.8 Å². The minimum Gasteiger partial charge on any atom is -0.394 e. The molecule has 4 atom stereocenters. The summed E-state index contributed by atoms with van der Waals surface area (Å²) < 4.78 is 10.9. The van der Waals surface area contributed by atoms with E-state index in [4.69, 9.17) is 9.47 Å². The van der Waals surface area contributed by atoms with Crippen LogP contribution in [-0.2, 0) is 9.47 Å². The number of hydrogen-bond donors (Lipinski definition) is 3. The normalized spacial score (nSPS) is 26.2. The van der Waals surface area contributed by atoms with E-state index in [-0.39, 0.29) is 13.2 Å². The molecule has 0 aromatic heterocycles. The maximum Gasteiger partial charge on any atom is 0.114 e. The van der Waals surface area contributed by atoms with Crippen LogP contribution in [-0.4, -0.2) is 59.6 Å². The summed E-state index contributed by atoms with van der Waals surface area (Å²) in [6, 6.07) is 0. The number of allylic oxidation sites excluding steroid dienone is 2. The SMILES string of the molecule is CCCCC/C=C/CCCCCO[C@@H](CO)[C@H]1OC[C@@H](O)[C@H]1O. The van der Waals surface area contributed by atoms with Crippen LogP contribution in [0.25, 0.3) is 0 Å². The molecule has 0 aromatic rings. The van der Waals surface area contributed by atoms with E-state index >= 15 is 0 Å². The van der Waals surface area contributed by atoms with Gasteiger partial charge >= 0.3 is 0 Å². The average Bonchev–Trinajstić information content (AvgIpc) is 2.88. The Kier molecular flexibility index (Phi) is 11.5. The Hall–Kier alpha value is -0.460. The lowest BCUT2D eigenvalue weighted by Gasteiger charge is -2.24. The minimum absolute atomic E-state index is 0.0935. The van der Waals surface area contributed by atoms with Crippen molar-refractivity contribution in [3.63, 3.8) is 0 Å². The van der Waals surface area contributed by atoms with Gasteiger partial charge in [0.15, 0.2) is 0 Å². The fourth-order valence-electron chi connectivity index (χ4n) is 2.73. The van der Waals surface area contributed by atoms with Crippen LogP contribution in [0, 0.1) is 0 Å².